The van der Waals surface area contributed by atoms with Crippen LogP contribution in [0.3, 0.4) is 0 Å². The molecule has 0 unspecified atom stereocenters. The number of hydrogen-bond donors (Lipinski definition) is 1. The molecule has 0 aliphatic carbocycles. The summed E-state index contributed by atoms with van der Waals surface area (Å²) in [6.45, 7) is 12.6. The number of pyridine rings is 1. The van der Waals surface area contributed by atoms with E-state index < -0.39 is 6.85 Å². The first-order valence-corrected chi connectivity index (χ1v) is 23.4. The van der Waals surface area contributed by atoms with E-state index in [9.17, 15) is 5.11 Å². The van der Waals surface area contributed by atoms with Gasteiger partial charge >= 0.3 is 0 Å². The fourth-order valence-electron chi connectivity index (χ4n) is 9.19. The highest BCUT2D eigenvalue weighted by Crippen LogP contribution is 2.44. The Morgan fingerprint density at radius 1 is 0.471 bits per heavy atom. The number of phenols is 1. The minimum atomic E-state index is -2.49. The van der Waals surface area contributed by atoms with Crippen LogP contribution in [0.25, 0.3) is 95.0 Å². The summed E-state index contributed by atoms with van der Waals surface area (Å²) in [5.74, 6) is 0.552. The van der Waals surface area contributed by atoms with Crippen LogP contribution in [0.1, 0.15) is 67.9 Å². The summed E-state index contributed by atoms with van der Waals surface area (Å²) < 4.78 is 29.3. The lowest BCUT2D eigenvalue weighted by molar-refractivity contribution is 0.475. The lowest BCUT2D eigenvalue weighted by Gasteiger charge is -2.22. The Kier molecular flexibility index (Phi) is 10.4. The Morgan fingerprint density at radius 3 is 1.78 bits per heavy atom. The van der Waals surface area contributed by atoms with Crippen molar-refractivity contribution in [2.24, 2.45) is 0 Å². The number of fused-ring (bicyclic) bond motifs is 1. The van der Waals surface area contributed by atoms with Gasteiger partial charge in [-0.25, -0.2) is 4.98 Å². The monoisotopic (exact) mass is 886 g/mol. The van der Waals surface area contributed by atoms with E-state index in [1.54, 1.807) is 6.07 Å². The molecule has 0 saturated carbocycles. The number of phenolic OH excluding ortho intramolecular Hbond substituents is 1. The number of benzene rings is 8. The van der Waals surface area contributed by atoms with E-state index in [1.165, 1.54) is 5.56 Å². The van der Waals surface area contributed by atoms with Crippen LogP contribution in [-0.4, -0.2) is 19.6 Å². The van der Waals surface area contributed by atoms with Gasteiger partial charge in [-0.1, -0.05) is 174 Å². The van der Waals surface area contributed by atoms with Crippen molar-refractivity contribution in [2.75, 3.05) is 0 Å². The summed E-state index contributed by atoms with van der Waals surface area (Å²) in [5, 5.41) is 12.0. The molecule has 1 N–H and O–H groups in total. The van der Waals surface area contributed by atoms with E-state index in [-0.39, 0.29) is 22.1 Å². The third-order valence-electron chi connectivity index (χ3n) is 13.1. The van der Waals surface area contributed by atoms with Gasteiger partial charge in [0, 0.05) is 27.0 Å². The molecule has 10 rings (SSSR count). The summed E-state index contributed by atoms with van der Waals surface area (Å²) in [7, 11) is 0. The van der Waals surface area contributed by atoms with Gasteiger partial charge in [-0.3, -0.25) is 9.55 Å². The molecule has 2 aromatic heterocycles. The Balaban J connectivity index is 1.27. The second kappa shape index (κ2) is 17.4. The predicted octanol–water partition coefficient (Wildman–Crippen LogP) is 17.0. The summed E-state index contributed by atoms with van der Waals surface area (Å²) in [5.41, 5.74) is 16.9. The van der Waals surface area contributed by atoms with Crippen molar-refractivity contribution in [3.63, 3.8) is 0 Å². The molecule has 0 fully saturated rings. The molecule has 8 aromatic carbocycles. The first-order valence-electron chi connectivity index (χ1n) is 24.9. The number of aromatic hydroxyl groups is 1. The van der Waals surface area contributed by atoms with E-state index in [2.05, 4.69) is 156 Å². The topological polar surface area (TPSA) is 50.9 Å². The van der Waals surface area contributed by atoms with Gasteiger partial charge in [0.1, 0.15) is 11.6 Å². The molecule has 68 heavy (non-hydrogen) atoms. The van der Waals surface area contributed by atoms with E-state index in [0.29, 0.717) is 28.2 Å². The number of para-hydroxylation sites is 1. The summed E-state index contributed by atoms with van der Waals surface area (Å²) in [4.78, 5) is 10.5. The smallest absolute Gasteiger partial charge is 0.149 e. The van der Waals surface area contributed by atoms with Crippen molar-refractivity contribution in [1.82, 2.24) is 14.5 Å². The molecule has 0 amide bonds. The van der Waals surface area contributed by atoms with Gasteiger partial charge in [-0.05, 0) is 146 Å². The normalized spacial score (nSPS) is 12.7. The Hall–Kier alpha value is -7.82. The number of hydrogen-bond acceptors (Lipinski definition) is 3. The second-order valence-electron chi connectivity index (χ2n) is 20.0. The molecule has 4 nitrogen and oxygen atoms in total. The molecule has 0 atom stereocenters. The standard InChI is InChI=1S/C64H57N3O/c1-41-22-24-44(25-23-41)47-32-33-65-57(38-47)50-36-48(43-16-11-9-12-17-43)35-49(37-50)53-20-15-21-58-61(53)66-62(56-39-52(64(6,7)8)30-31-60(56)68)67(58)59-34-42(2)54(40-55(59)45-18-13-10-14-19-45)46-26-28-51(29-27-46)63(3,4)5/h9-40,68H,1-8H3/i2D3. The van der Waals surface area contributed by atoms with Crippen molar-refractivity contribution >= 4 is 11.0 Å². The van der Waals surface area contributed by atoms with Crippen LogP contribution in [0, 0.1) is 13.8 Å². The number of aryl methyl sites for hydroxylation is 2. The van der Waals surface area contributed by atoms with Crippen LogP contribution >= 0.6 is 0 Å². The minimum absolute atomic E-state index is 0.0665. The van der Waals surface area contributed by atoms with Crippen LogP contribution < -0.4 is 0 Å². The molecular weight excluding hydrogens is 827 g/mol. The van der Waals surface area contributed by atoms with E-state index >= 15 is 0 Å². The summed E-state index contributed by atoms with van der Waals surface area (Å²) in [6, 6.07) is 63.8. The van der Waals surface area contributed by atoms with Crippen LogP contribution in [0.15, 0.2) is 194 Å². The Morgan fingerprint density at radius 2 is 1.09 bits per heavy atom. The molecular formula is C64H57N3O. The van der Waals surface area contributed by atoms with Crippen molar-refractivity contribution in [3.05, 3.63) is 217 Å². The zero-order valence-electron chi connectivity index (χ0n) is 42.8. The van der Waals surface area contributed by atoms with Crippen LogP contribution in [0.5, 0.6) is 5.75 Å². The average Bonchev–Trinajstić information content (AvgIpc) is 3.75. The van der Waals surface area contributed by atoms with Crippen LogP contribution in [0.2, 0.25) is 0 Å². The van der Waals surface area contributed by atoms with Gasteiger partial charge in [0.15, 0.2) is 0 Å². The van der Waals surface area contributed by atoms with Gasteiger partial charge in [0.2, 0.25) is 0 Å². The van der Waals surface area contributed by atoms with Crippen LogP contribution in [-0.2, 0) is 10.8 Å². The fraction of sp³-hybridized carbons (Fsp3) is 0.156. The molecule has 0 saturated heterocycles. The molecule has 0 spiro atoms. The largest absolute Gasteiger partial charge is 0.507 e. The number of nitrogens with zero attached hydrogens (tertiary/aromatic N) is 3. The highest BCUT2D eigenvalue weighted by Gasteiger charge is 2.26. The minimum Gasteiger partial charge on any atom is -0.507 e. The van der Waals surface area contributed by atoms with Gasteiger partial charge in [-0.2, -0.15) is 0 Å². The average molecular weight is 887 g/mol. The van der Waals surface area contributed by atoms with E-state index in [1.807, 2.05) is 85.1 Å². The SMILES string of the molecule is [2H]C([2H])([2H])c1cc(-n2c(-c3cc(C(C)(C)C)ccc3O)nc3c(-c4cc(-c5ccccc5)cc(-c5cc(-c6ccc(C)cc6)ccn5)c4)cccc32)c(-c2ccccc2)cc1-c1ccc(C(C)(C)C)cc1. The molecule has 4 heteroatoms. The molecule has 0 aliphatic rings. The molecule has 0 aliphatic heterocycles. The van der Waals surface area contributed by atoms with Crippen molar-refractivity contribution in [3.8, 4) is 89.7 Å². The van der Waals surface area contributed by atoms with Crippen molar-refractivity contribution < 1.29 is 9.22 Å². The van der Waals surface area contributed by atoms with Gasteiger partial charge in [0.25, 0.3) is 0 Å². The molecule has 10 aromatic rings. The first kappa shape index (κ1) is 40.5. The number of imidazole rings is 1. The van der Waals surface area contributed by atoms with Gasteiger partial charge in [0.05, 0.1) is 28.0 Å². The van der Waals surface area contributed by atoms with Crippen molar-refractivity contribution in [1.29, 1.82) is 0 Å². The highest BCUT2D eigenvalue weighted by atomic mass is 16.3. The third-order valence-corrected chi connectivity index (χ3v) is 13.1. The van der Waals surface area contributed by atoms with Crippen molar-refractivity contribution in [2.45, 2.75) is 66.1 Å². The van der Waals surface area contributed by atoms with Gasteiger partial charge in [-0.15, -0.1) is 0 Å². The van der Waals surface area contributed by atoms with Gasteiger partial charge < -0.3 is 5.11 Å². The molecule has 0 radical (unpaired) electrons. The Bertz CT molecular complexity index is 3580. The first-order chi connectivity index (χ1) is 33.9. The zero-order valence-corrected chi connectivity index (χ0v) is 39.8. The quantitative estimate of drug-likeness (QED) is 0.165. The number of rotatable bonds is 8. The summed E-state index contributed by atoms with van der Waals surface area (Å²) >= 11 is 0. The molecule has 0 bridgehead atoms. The maximum atomic E-state index is 12.0. The lowest BCUT2D eigenvalue weighted by atomic mass is 9.85. The second-order valence-corrected chi connectivity index (χ2v) is 20.0. The van der Waals surface area contributed by atoms with E-state index in [4.69, 9.17) is 14.1 Å². The summed E-state index contributed by atoms with van der Waals surface area (Å²) in [6.07, 6.45) is 1.87. The maximum Gasteiger partial charge on any atom is 0.149 e. The third kappa shape index (κ3) is 8.55. The molecule has 2 heterocycles. The lowest BCUT2D eigenvalue weighted by Crippen LogP contribution is -2.11. The van der Waals surface area contributed by atoms with E-state index in [0.717, 1.165) is 78.0 Å². The number of aromatic nitrogens is 3. The zero-order chi connectivity index (χ0) is 49.8. The van der Waals surface area contributed by atoms with Crippen LogP contribution in [0.4, 0.5) is 0 Å². The maximum absolute atomic E-state index is 12.0. The fourth-order valence-corrected chi connectivity index (χ4v) is 9.19. The predicted molar refractivity (Wildman–Crippen MR) is 285 cm³/mol. The Labute approximate surface area is 405 Å². The highest BCUT2D eigenvalue weighted by molar-refractivity contribution is 5.99. The molecule has 334 valence electrons.